The van der Waals surface area contributed by atoms with Crippen LogP contribution >= 0.6 is 0 Å². The molecule has 3 aromatic rings. The summed E-state index contributed by atoms with van der Waals surface area (Å²) in [4.78, 5) is 13.5. The molecular formula is C17H18N4O. The molecule has 5 heteroatoms. The fourth-order valence-electron chi connectivity index (χ4n) is 3.39. The summed E-state index contributed by atoms with van der Waals surface area (Å²) in [6, 6.07) is 8.26. The first-order valence-corrected chi connectivity index (χ1v) is 7.75. The third-order valence-electron chi connectivity index (χ3n) is 4.52. The SMILES string of the molecule is OCc1ccccc1-c1ncnc2c1ncn2C1CCCC1. The van der Waals surface area contributed by atoms with Crippen molar-refractivity contribution < 1.29 is 5.11 Å². The summed E-state index contributed by atoms with van der Waals surface area (Å²) >= 11 is 0. The molecule has 0 spiro atoms. The molecule has 0 saturated heterocycles. The fourth-order valence-corrected chi connectivity index (χ4v) is 3.39. The van der Waals surface area contributed by atoms with Crippen LogP contribution in [0.3, 0.4) is 0 Å². The van der Waals surface area contributed by atoms with Crippen LogP contribution in [0.1, 0.15) is 37.3 Å². The van der Waals surface area contributed by atoms with E-state index in [4.69, 9.17) is 0 Å². The van der Waals surface area contributed by atoms with Crippen LogP contribution in [0.15, 0.2) is 36.9 Å². The highest BCUT2D eigenvalue weighted by molar-refractivity contribution is 5.88. The number of nitrogens with zero attached hydrogens (tertiary/aromatic N) is 4. The van der Waals surface area contributed by atoms with E-state index in [0.29, 0.717) is 6.04 Å². The molecule has 1 aromatic carbocycles. The monoisotopic (exact) mass is 294 g/mol. The van der Waals surface area contributed by atoms with Crippen LogP contribution < -0.4 is 0 Å². The number of hydrogen-bond donors (Lipinski definition) is 1. The van der Waals surface area contributed by atoms with Crippen molar-refractivity contribution >= 4 is 11.2 Å². The predicted octanol–water partition coefficient (Wildman–Crippen LogP) is 3.10. The molecular weight excluding hydrogens is 276 g/mol. The van der Waals surface area contributed by atoms with Crippen molar-refractivity contribution in [2.75, 3.05) is 0 Å². The average Bonchev–Trinajstić information content (AvgIpc) is 3.23. The highest BCUT2D eigenvalue weighted by atomic mass is 16.3. The molecule has 1 aliphatic carbocycles. The van der Waals surface area contributed by atoms with Crippen molar-refractivity contribution in [3.8, 4) is 11.3 Å². The van der Waals surface area contributed by atoms with Gasteiger partial charge in [0.2, 0.25) is 0 Å². The van der Waals surface area contributed by atoms with Crippen molar-refractivity contribution in [3.05, 3.63) is 42.5 Å². The van der Waals surface area contributed by atoms with E-state index in [1.54, 1.807) is 6.33 Å². The largest absolute Gasteiger partial charge is 0.392 e. The molecule has 4 rings (SSSR count). The maximum atomic E-state index is 9.56. The number of benzene rings is 1. The molecule has 0 amide bonds. The van der Waals surface area contributed by atoms with Gasteiger partial charge < -0.3 is 9.67 Å². The lowest BCUT2D eigenvalue weighted by Crippen LogP contribution is -2.04. The van der Waals surface area contributed by atoms with Crippen LogP contribution in [-0.2, 0) is 6.61 Å². The smallest absolute Gasteiger partial charge is 0.164 e. The lowest BCUT2D eigenvalue weighted by molar-refractivity contribution is 0.282. The van der Waals surface area contributed by atoms with Crippen molar-refractivity contribution in [1.82, 2.24) is 19.5 Å². The molecule has 0 atom stereocenters. The Morgan fingerprint density at radius 2 is 1.91 bits per heavy atom. The Morgan fingerprint density at radius 1 is 1.09 bits per heavy atom. The van der Waals surface area contributed by atoms with Crippen LogP contribution in [0.2, 0.25) is 0 Å². The number of aliphatic hydroxyl groups is 1. The first-order chi connectivity index (χ1) is 10.9. The molecule has 22 heavy (non-hydrogen) atoms. The van der Waals surface area contributed by atoms with Crippen molar-refractivity contribution in [2.45, 2.75) is 38.3 Å². The first kappa shape index (κ1) is 13.4. The molecule has 0 aliphatic heterocycles. The van der Waals surface area contributed by atoms with E-state index in [1.165, 1.54) is 25.7 Å². The summed E-state index contributed by atoms with van der Waals surface area (Å²) in [5, 5.41) is 9.56. The van der Waals surface area contributed by atoms with Gasteiger partial charge in [-0.3, -0.25) is 0 Å². The van der Waals surface area contributed by atoms with Crippen molar-refractivity contribution in [2.24, 2.45) is 0 Å². The molecule has 112 valence electrons. The second-order valence-corrected chi connectivity index (χ2v) is 5.80. The topological polar surface area (TPSA) is 63.8 Å². The zero-order valence-corrected chi connectivity index (χ0v) is 12.3. The van der Waals surface area contributed by atoms with Crippen molar-refractivity contribution in [1.29, 1.82) is 0 Å². The van der Waals surface area contributed by atoms with E-state index < -0.39 is 0 Å². The number of fused-ring (bicyclic) bond motifs is 1. The number of aromatic nitrogens is 4. The van der Waals surface area contributed by atoms with Crippen LogP contribution in [0.5, 0.6) is 0 Å². The van der Waals surface area contributed by atoms with E-state index in [-0.39, 0.29) is 6.61 Å². The van der Waals surface area contributed by atoms with Gasteiger partial charge in [-0.05, 0) is 18.4 Å². The molecule has 5 nitrogen and oxygen atoms in total. The Kier molecular flexibility index (Phi) is 3.35. The molecule has 1 aliphatic rings. The average molecular weight is 294 g/mol. The van der Waals surface area contributed by atoms with Gasteiger partial charge in [0.15, 0.2) is 5.65 Å². The summed E-state index contributed by atoms with van der Waals surface area (Å²) in [6.45, 7) is -0.00893. The maximum Gasteiger partial charge on any atom is 0.164 e. The molecule has 2 heterocycles. The van der Waals surface area contributed by atoms with Gasteiger partial charge in [0.1, 0.15) is 17.5 Å². The highest BCUT2D eigenvalue weighted by Crippen LogP contribution is 2.33. The van der Waals surface area contributed by atoms with E-state index in [2.05, 4.69) is 19.5 Å². The second-order valence-electron chi connectivity index (χ2n) is 5.80. The molecule has 2 aromatic heterocycles. The first-order valence-electron chi connectivity index (χ1n) is 7.75. The zero-order valence-electron chi connectivity index (χ0n) is 12.3. The Bertz CT molecular complexity index is 805. The third-order valence-corrected chi connectivity index (χ3v) is 4.52. The Labute approximate surface area is 128 Å². The van der Waals surface area contributed by atoms with Gasteiger partial charge in [0, 0.05) is 11.6 Å². The minimum atomic E-state index is -0.00893. The second kappa shape index (κ2) is 5.50. The lowest BCUT2D eigenvalue weighted by Gasteiger charge is -2.12. The van der Waals surface area contributed by atoms with Crippen LogP contribution in [-0.4, -0.2) is 24.6 Å². The summed E-state index contributed by atoms with van der Waals surface area (Å²) in [5.41, 5.74) is 4.29. The Balaban J connectivity index is 1.89. The van der Waals surface area contributed by atoms with Crippen LogP contribution in [0.25, 0.3) is 22.4 Å². The fraction of sp³-hybridized carbons (Fsp3) is 0.353. The highest BCUT2D eigenvalue weighted by Gasteiger charge is 2.21. The molecule has 0 radical (unpaired) electrons. The zero-order chi connectivity index (χ0) is 14.9. The summed E-state index contributed by atoms with van der Waals surface area (Å²) in [5.74, 6) is 0. The Morgan fingerprint density at radius 3 is 2.73 bits per heavy atom. The van der Waals surface area contributed by atoms with Gasteiger partial charge in [-0.1, -0.05) is 37.1 Å². The lowest BCUT2D eigenvalue weighted by atomic mass is 10.0. The maximum absolute atomic E-state index is 9.56. The van der Waals surface area contributed by atoms with Gasteiger partial charge in [-0.2, -0.15) is 0 Å². The number of rotatable bonds is 3. The molecule has 0 unspecified atom stereocenters. The molecule has 1 fully saturated rings. The van der Waals surface area contributed by atoms with E-state index in [9.17, 15) is 5.11 Å². The van der Waals surface area contributed by atoms with Gasteiger partial charge in [0.05, 0.1) is 12.9 Å². The Hall–Kier alpha value is -2.27. The number of hydrogen-bond acceptors (Lipinski definition) is 4. The van der Waals surface area contributed by atoms with Gasteiger partial charge in [-0.15, -0.1) is 0 Å². The molecule has 1 saturated carbocycles. The minimum absolute atomic E-state index is 0.00893. The van der Waals surface area contributed by atoms with E-state index in [0.717, 1.165) is 28.0 Å². The number of imidazole rings is 1. The van der Waals surface area contributed by atoms with E-state index >= 15 is 0 Å². The van der Waals surface area contributed by atoms with Gasteiger partial charge in [0.25, 0.3) is 0 Å². The third kappa shape index (κ3) is 2.09. The molecule has 0 bridgehead atoms. The predicted molar refractivity (Wildman–Crippen MR) is 84.2 cm³/mol. The normalized spacial score (nSPS) is 15.7. The van der Waals surface area contributed by atoms with Crippen molar-refractivity contribution in [3.63, 3.8) is 0 Å². The van der Waals surface area contributed by atoms with Gasteiger partial charge >= 0.3 is 0 Å². The van der Waals surface area contributed by atoms with Crippen LogP contribution in [0.4, 0.5) is 0 Å². The van der Waals surface area contributed by atoms with Gasteiger partial charge in [-0.25, -0.2) is 15.0 Å². The van der Waals surface area contributed by atoms with Crippen LogP contribution in [0, 0.1) is 0 Å². The standard InChI is InChI=1S/C17H18N4O/c22-9-12-5-1-4-8-14(12)15-16-17(19-10-18-15)21(11-20-16)13-6-2-3-7-13/h1,4-5,8,10-11,13,22H,2-3,6-7,9H2. The summed E-state index contributed by atoms with van der Waals surface area (Å²) < 4.78 is 2.19. The summed E-state index contributed by atoms with van der Waals surface area (Å²) in [7, 11) is 0. The minimum Gasteiger partial charge on any atom is -0.392 e. The quantitative estimate of drug-likeness (QED) is 0.806. The van der Waals surface area contributed by atoms with E-state index in [1.807, 2.05) is 30.6 Å². The summed E-state index contributed by atoms with van der Waals surface area (Å²) in [6.07, 6.45) is 8.42. The number of aliphatic hydroxyl groups excluding tert-OH is 1. The molecule has 1 N–H and O–H groups in total.